The van der Waals surface area contributed by atoms with Crippen LogP contribution < -0.4 is 4.74 Å². The molecule has 30 heavy (non-hydrogen) atoms. The minimum atomic E-state index is -3.49. The summed E-state index contributed by atoms with van der Waals surface area (Å²) in [5.74, 6) is 0.982. The van der Waals surface area contributed by atoms with E-state index in [9.17, 15) is 13.2 Å². The van der Waals surface area contributed by atoms with Gasteiger partial charge in [-0.3, -0.25) is 4.79 Å². The van der Waals surface area contributed by atoms with E-state index >= 15 is 0 Å². The van der Waals surface area contributed by atoms with E-state index in [0.717, 1.165) is 24.2 Å². The van der Waals surface area contributed by atoms with Gasteiger partial charge in [-0.25, -0.2) is 8.42 Å². The summed E-state index contributed by atoms with van der Waals surface area (Å²) < 4.78 is 32.7. The Morgan fingerprint density at radius 2 is 1.67 bits per heavy atom. The molecule has 0 spiro atoms. The highest BCUT2D eigenvalue weighted by molar-refractivity contribution is 7.89. The first-order chi connectivity index (χ1) is 14.4. The molecular weight excluding hydrogens is 400 g/mol. The number of carbonyl (C=O) groups is 1. The van der Waals surface area contributed by atoms with E-state index in [1.54, 1.807) is 35.2 Å². The topological polar surface area (TPSA) is 66.9 Å². The minimum absolute atomic E-state index is 0.0819. The van der Waals surface area contributed by atoms with Crippen molar-refractivity contribution in [3.8, 4) is 5.75 Å². The third-order valence-electron chi connectivity index (χ3n) is 5.36. The highest BCUT2D eigenvalue weighted by atomic mass is 32.2. The number of aryl methyl sites for hydroxylation is 2. The van der Waals surface area contributed by atoms with Crippen molar-refractivity contribution in [2.75, 3.05) is 32.8 Å². The van der Waals surface area contributed by atoms with Crippen LogP contribution in [0.5, 0.6) is 5.75 Å². The van der Waals surface area contributed by atoms with E-state index in [1.807, 2.05) is 26.0 Å². The zero-order valence-corrected chi connectivity index (χ0v) is 18.5. The van der Waals surface area contributed by atoms with Gasteiger partial charge in [-0.2, -0.15) is 4.31 Å². The molecule has 1 amide bonds. The van der Waals surface area contributed by atoms with Crippen LogP contribution in [-0.2, 0) is 14.8 Å². The Bertz CT molecular complexity index is 952. The third kappa shape index (κ3) is 5.61. The predicted octanol–water partition coefficient (Wildman–Crippen LogP) is 3.39. The summed E-state index contributed by atoms with van der Waals surface area (Å²) in [6.45, 7) is 6.18. The highest BCUT2D eigenvalue weighted by Crippen LogP contribution is 2.20. The molecule has 0 saturated carbocycles. The predicted molar refractivity (Wildman–Crippen MR) is 117 cm³/mol. The summed E-state index contributed by atoms with van der Waals surface area (Å²) in [5.41, 5.74) is 2.28. The Kier molecular flexibility index (Phi) is 7.50. The summed E-state index contributed by atoms with van der Waals surface area (Å²) in [4.78, 5) is 14.5. The first-order valence-electron chi connectivity index (χ1n) is 10.4. The molecule has 0 N–H and O–H groups in total. The van der Waals surface area contributed by atoms with Crippen molar-refractivity contribution in [1.29, 1.82) is 0 Å². The number of hydrogen-bond acceptors (Lipinski definition) is 4. The molecule has 2 aromatic carbocycles. The Balaban J connectivity index is 1.39. The van der Waals surface area contributed by atoms with Crippen LogP contribution in [0.25, 0.3) is 0 Å². The monoisotopic (exact) mass is 430 g/mol. The van der Waals surface area contributed by atoms with Gasteiger partial charge in [0.25, 0.3) is 0 Å². The van der Waals surface area contributed by atoms with Gasteiger partial charge < -0.3 is 9.64 Å². The zero-order valence-electron chi connectivity index (χ0n) is 17.7. The van der Waals surface area contributed by atoms with E-state index in [2.05, 4.69) is 6.07 Å². The Hall–Kier alpha value is -2.38. The maximum Gasteiger partial charge on any atom is 0.243 e. The van der Waals surface area contributed by atoms with Crippen molar-refractivity contribution in [2.45, 2.75) is 38.0 Å². The second kappa shape index (κ2) is 10.1. The van der Waals surface area contributed by atoms with Crippen molar-refractivity contribution in [3.63, 3.8) is 0 Å². The van der Waals surface area contributed by atoms with Crippen molar-refractivity contribution in [2.24, 2.45) is 0 Å². The van der Waals surface area contributed by atoms with Crippen LogP contribution in [0.2, 0.25) is 0 Å². The van der Waals surface area contributed by atoms with Crippen molar-refractivity contribution in [3.05, 3.63) is 59.7 Å². The Morgan fingerprint density at radius 3 is 2.37 bits per heavy atom. The molecule has 162 valence electrons. The molecule has 1 heterocycles. The lowest BCUT2D eigenvalue weighted by Gasteiger charge is -2.34. The van der Waals surface area contributed by atoms with E-state index in [-0.39, 0.29) is 5.91 Å². The Labute approximate surface area is 179 Å². The normalized spacial score (nSPS) is 15.2. The maximum absolute atomic E-state index is 12.7. The van der Waals surface area contributed by atoms with Gasteiger partial charge in [-0.1, -0.05) is 30.3 Å². The molecule has 0 aliphatic carbocycles. The molecule has 2 aromatic rings. The lowest BCUT2D eigenvalue weighted by atomic mass is 10.1. The molecule has 0 bridgehead atoms. The maximum atomic E-state index is 12.7. The number of amides is 1. The van der Waals surface area contributed by atoms with Crippen LogP contribution in [0.1, 0.15) is 30.4 Å². The van der Waals surface area contributed by atoms with E-state index < -0.39 is 10.0 Å². The lowest BCUT2D eigenvalue weighted by molar-refractivity contribution is -0.132. The van der Waals surface area contributed by atoms with Gasteiger partial charge in [-0.05, 0) is 56.0 Å². The molecule has 0 aromatic heterocycles. The second-order valence-corrected chi connectivity index (χ2v) is 9.61. The fourth-order valence-electron chi connectivity index (χ4n) is 3.50. The van der Waals surface area contributed by atoms with Crippen molar-refractivity contribution < 1.29 is 17.9 Å². The second-order valence-electron chi connectivity index (χ2n) is 7.67. The standard InChI is InChI=1S/C23H30N2O4S/c1-19-11-12-20(2)22(18-19)29-17-7-6-10-23(26)24-13-15-25(16-14-24)30(27,28)21-8-4-3-5-9-21/h3-5,8-9,11-12,18H,6-7,10,13-17H2,1-2H3. The number of sulfonamides is 1. The molecule has 1 aliphatic heterocycles. The molecule has 0 radical (unpaired) electrons. The van der Waals surface area contributed by atoms with Gasteiger partial charge in [0, 0.05) is 32.6 Å². The summed E-state index contributed by atoms with van der Waals surface area (Å²) in [6.07, 6.45) is 2.02. The summed E-state index contributed by atoms with van der Waals surface area (Å²) in [6, 6.07) is 14.6. The molecule has 1 aliphatic rings. The fourth-order valence-corrected chi connectivity index (χ4v) is 4.94. The van der Waals surface area contributed by atoms with Gasteiger partial charge >= 0.3 is 0 Å². The van der Waals surface area contributed by atoms with Crippen molar-refractivity contribution in [1.82, 2.24) is 9.21 Å². The third-order valence-corrected chi connectivity index (χ3v) is 7.27. The van der Waals surface area contributed by atoms with Crippen LogP contribution >= 0.6 is 0 Å². The molecule has 0 atom stereocenters. The summed E-state index contributed by atoms with van der Waals surface area (Å²) in [5, 5.41) is 0. The van der Waals surface area contributed by atoms with Crippen LogP contribution in [0.4, 0.5) is 0 Å². The van der Waals surface area contributed by atoms with Gasteiger partial charge in [0.05, 0.1) is 11.5 Å². The number of hydrogen-bond donors (Lipinski definition) is 0. The van der Waals surface area contributed by atoms with Gasteiger partial charge in [0.2, 0.25) is 15.9 Å². The molecule has 7 heteroatoms. The van der Waals surface area contributed by atoms with Crippen LogP contribution in [0, 0.1) is 13.8 Å². The van der Waals surface area contributed by atoms with Gasteiger partial charge in [0.1, 0.15) is 5.75 Å². The average Bonchev–Trinajstić information content (AvgIpc) is 2.76. The Morgan fingerprint density at radius 1 is 0.967 bits per heavy atom. The molecule has 3 rings (SSSR count). The first kappa shape index (κ1) is 22.3. The number of carbonyl (C=O) groups excluding carboxylic acids is 1. The summed E-state index contributed by atoms with van der Waals surface area (Å²) >= 11 is 0. The molecule has 1 saturated heterocycles. The average molecular weight is 431 g/mol. The highest BCUT2D eigenvalue weighted by Gasteiger charge is 2.29. The van der Waals surface area contributed by atoms with Crippen molar-refractivity contribution >= 4 is 15.9 Å². The van der Waals surface area contributed by atoms with E-state index in [1.165, 1.54) is 9.87 Å². The molecule has 0 unspecified atom stereocenters. The van der Waals surface area contributed by atoms with Crippen LogP contribution in [-0.4, -0.2) is 56.3 Å². The quantitative estimate of drug-likeness (QED) is 0.602. The zero-order chi connectivity index (χ0) is 21.6. The number of unbranched alkanes of at least 4 members (excludes halogenated alkanes) is 1. The number of benzene rings is 2. The number of rotatable bonds is 8. The SMILES string of the molecule is Cc1ccc(C)c(OCCCCC(=O)N2CCN(S(=O)(=O)c3ccccc3)CC2)c1. The smallest absolute Gasteiger partial charge is 0.243 e. The first-order valence-corrected chi connectivity index (χ1v) is 11.8. The molecular formula is C23H30N2O4S. The minimum Gasteiger partial charge on any atom is -0.493 e. The van der Waals surface area contributed by atoms with Gasteiger partial charge in [0.15, 0.2) is 0 Å². The van der Waals surface area contributed by atoms with Crippen LogP contribution in [0.3, 0.4) is 0 Å². The molecule has 1 fully saturated rings. The largest absolute Gasteiger partial charge is 0.493 e. The van der Waals surface area contributed by atoms with E-state index in [0.29, 0.717) is 44.1 Å². The fraction of sp³-hybridized carbons (Fsp3) is 0.435. The van der Waals surface area contributed by atoms with E-state index in [4.69, 9.17) is 4.74 Å². The molecule has 6 nitrogen and oxygen atoms in total. The van der Waals surface area contributed by atoms with Gasteiger partial charge in [-0.15, -0.1) is 0 Å². The summed E-state index contributed by atoms with van der Waals surface area (Å²) in [7, 11) is -3.49. The lowest BCUT2D eigenvalue weighted by Crippen LogP contribution is -2.50. The number of ether oxygens (including phenoxy) is 1. The van der Waals surface area contributed by atoms with Crippen LogP contribution in [0.15, 0.2) is 53.4 Å². The number of piperazine rings is 1. The number of nitrogens with zero attached hydrogens (tertiary/aromatic N) is 2.